The summed E-state index contributed by atoms with van der Waals surface area (Å²) in [5.41, 5.74) is -1.86. The minimum atomic E-state index is -3.44. The molecule has 192 valence electrons. The lowest BCUT2D eigenvalue weighted by Crippen LogP contribution is -2.36. The van der Waals surface area contributed by atoms with Gasteiger partial charge in [0.2, 0.25) is 11.8 Å². The van der Waals surface area contributed by atoms with Crippen LogP contribution in [0.25, 0.3) is 0 Å². The lowest BCUT2D eigenvalue weighted by molar-refractivity contribution is -0.120. The van der Waals surface area contributed by atoms with Crippen molar-refractivity contribution < 1.29 is 26.8 Å². The second-order valence-electron chi connectivity index (χ2n) is 8.55. The molecule has 0 aliphatic carbocycles. The van der Waals surface area contributed by atoms with Crippen LogP contribution in [0.5, 0.6) is 0 Å². The molecule has 0 radical (unpaired) electrons. The third-order valence-corrected chi connectivity index (χ3v) is 7.25. The number of sulfone groups is 1. The van der Waals surface area contributed by atoms with E-state index in [1.54, 1.807) is 0 Å². The monoisotopic (exact) mass is 527 g/mol. The molecule has 0 bridgehead atoms. The number of nitriles is 1. The van der Waals surface area contributed by atoms with E-state index in [0.29, 0.717) is 0 Å². The molecule has 0 atom stereocenters. The Labute approximate surface area is 212 Å². The van der Waals surface area contributed by atoms with E-state index >= 15 is 0 Å². The van der Waals surface area contributed by atoms with Crippen molar-refractivity contribution in [2.75, 3.05) is 16.4 Å². The average Bonchev–Trinajstić information content (AvgIpc) is 2.83. The van der Waals surface area contributed by atoms with Gasteiger partial charge in [0.15, 0.2) is 9.84 Å². The quantitative estimate of drug-likeness (QED) is 0.456. The van der Waals surface area contributed by atoms with E-state index in [2.05, 4.69) is 20.6 Å². The first-order valence-corrected chi connectivity index (χ1v) is 12.7. The van der Waals surface area contributed by atoms with Crippen molar-refractivity contribution in [2.24, 2.45) is 0 Å². The number of aromatic nitrogens is 2. The molecule has 9 nitrogen and oxygen atoms in total. The van der Waals surface area contributed by atoms with E-state index in [4.69, 9.17) is 5.26 Å². The number of hydrogen-bond donors (Lipinski definition) is 2. The number of anilines is 2. The lowest BCUT2D eigenvalue weighted by atomic mass is 9.82. The Kier molecular flexibility index (Phi) is 7.98. The standard InChI is InChI=1S/C25H23F2N5O4S/c1-4-37(35,36)18-6-5-16(30-14-18)12-22(33)31-17-10-19(26)23(20(27)11-17)25(2,3)24(34)32-21-9-15(13-28)7-8-29-21/h5-11,14H,4,12H2,1-3H3,(H,31,33)(H,29,32,34). The molecule has 2 aromatic heterocycles. The Bertz CT molecular complexity index is 1480. The van der Waals surface area contributed by atoms with Gasteiger partial charge in [-0.1, -0.05) is 6.92 Å². The van der Waals surface area contributed by atoms with Crippen LogP contribution >= 0.6 is 0 Å². The molecule has 12 heteroatoms. The van der Waals surface area contributed by atoms with E-state index in [1.165, 1.54) is 51.2 Å². The van der Waals surface area contributed by atoms with E-state index in [0.717, 1.165) is 18.3 Å². The van der Waals surface area contributed by atoms with Crippen LogP contribution in [-0.2, 0) is 31.3 Å². The Morgan fingerprint density at radius 1 is 1.05 bits per heavy atom. The maximum absolute atomic E-state index is 15.0. The van der Waals surface area contributed by atoms with Crippen molar-refractivity contribution in [1.29, 1.82) is 5.26 Å². The number of amides is 2. The first-order chi connectivity index (χ1) is 17.4. The van der Waals surface area contributed by atoms with Crippen LogP contribution < -0.4 is 10.6 Å². The third kappa shape index (κ3) is 6.31. The molecule has 0 saturated heterocycles. The van der Waals surface area contributed by atoms with Gasteiger partial charge in [-0.3, -0.25) is 14.6 Å². The smallest absolute Gasteiger partial charge is 0.235 e. The van der Waals surface area contributed by atoms with Crippen molar-refractivity contribution in [3.8, 4) is 6.07 Å². The van der Waals surface area contributed by atoms with Gasteiger partial charge in [-0.15, -0.1) is 0 Å². The molecular weight excluding hydrogens is 504 g/mol. The third-order valence-electron chi connectivity index (χ3n) is 5.53. The molecule has 0 unspecified atom stereocenters. The van der Waals surface area contributed by atoms with Crippen LogP contribution in [0.1, 0.15) is 37.6 Å². The molecular formula is C25H23F2N5O4S. The Hall–Kier alpha value is -4.24. The molecule has 3 rings (SSSR count). The van der Waals surface area contributed by atoms with Gasteiger partial charge < -0.3 is 10.6 Å². The number of halogens is 2. The second-order valence-corrected chi connectivity index (χ2v) is 10.8. The summed E-state index contributed by atoms with van der Waals surface area (Å²) in [6.07, 6.45) is 2.20. The van der Waals surface area contributed by atoms with Crippen molar-refractivity contribution >= 4 is 33.2 Å². The highest BCUT2D eigenvalue weighted by molar-refractivity contribution is 7.91. The van der Waals surface area contributed by atoms with Crippen LogP contribution in [0.2, 0.25) is 0 Å². The molecule has 0 aliphatic rings. The zero-order valence-corrected chi connectivity index (χ0v) is 21.0. The summed E-state index contributed by atoms with van der Waals surface area (Å²) < 4.78 is 53.7. The minimum Gasteiger partial charge on any atom is -0.326 e. The van der Waals surface area contributed by atoms with Gasteiger partial charge in [0.05, 0.1) is 34.1 Å². The van der Waals surface area contributed by atoms with Gasteiger partial charge in [0.25, 0.3) is 0 Å². The fraction of sp³-hybridized carbons (Fsp3) is 0.240. The van der Waals surface area contributed by atoms with Gasteiger partial charge in [0, 0.05) is 29.3 Å². The van der Waals surface area contributed by atoms with Crippen molar-refractivity contribution in [2.45, 2.75) is 37.5 Å². The predicted molar refractivity (Wildman–Crippen MR) is 131 cm³/mol. The molecule has 0 spiro atoms. The van der Waals surface area contributed by atoms with Crippen LogP contribution in [0.3, 0.4) is 0 Å². The topological polar surface area (TPSA) is 142 Å². The van der Waals surface area contributed by atoms with Gasteiger partial charge in [-0.05, 0) is 50.2 Å². The van der Waals surface area contributed by atoms with Gasteiger partial charge >= 0.3 is 0 Å². The van der Waals surface area contributed by atoms with Crippen LogP contribution in [0.4, 0.5) is 20.3 Å². The van der Waals surface area contributed by atoms with E-state index in [9.17, 15) is 26.8 Å². The van der Waals surface area contributed by atoms with Gasteiger partial charge in [-0.25, -0.2) is 22.2 Å². The Morgan fingerprint density at radius 2 is 1.73 bits per heavy atom. The first kappa shape index (κ1) is 27.3. The fourth-order valence-corrected chi connectivity index (χ4v) is 4.25. The Balaban J connectivity index is 1.74. The van der Waals surface area contributed by atoms with E-state index in [-0.39, 0.29) is 39.8 Å². The van der Waals surface area contributed by atoms with Crippen molar-refractivity contribution in [3.63, 3.8) is 0 Å². The zero-order chi connectivity index (χ0) is 27.4. The highest BCUT2D eigenvalue weighted by Crippen LogP contribution is 2.32. The minimum absolute atomic E-state index is 0.0269. The molecule has 3 aromatic rings. The summed E-state index contributed by atoms with van der Waals surface area (Å²) in [6.45, 7) is 4.15. The second kappa shape index (κ2) is 10.8. The number of benzene rings is 1. The normalized spacial score (nSPS) is 11.5. The highest BCUT2D eigenvalue weighted by atomic mass is 32.2. The van der Waals surface area contributed by atoms with Gasteiger partial charge in [0.1, 0.15) is 17.5 Å². The fourth-order valence-electron chi connectivity index (χ4n) is 3.43. The summed E-state index contributed by atoms with van der Waals surface area (Å²) >= 11 is 0. The largest absolute Gasteiger partial charge is 0.326 e. The maximum atomic E-state index is 15.0. The predicted octanol–water partition coefficient (Wildman–Crippen LogP) is 3.52. The molecule has 0 saturated carbocycles. The summed E-state index contributed by atoms with van der Waals surface area (Å²) in [6, 6.07) is 9.17. The van der Waals surface area contributed by atoms with Gasteiger partial charge in [-0.2, -0.15) is 5.26 Å². The molecule has 0 aliphatic heterocycles. The summed E-state index contributed by atoms with van der Waals surface area (Å²) in [5, 5.41) is 13.8. The number of pyridine rings is 2. The number of carbonyl (C=O) groups is 2. The Morgan fingerprint density at radius 3 is 2.30 bits per heavy atom. The number of nitrogens with one attached hydrogen (secondary N) is 2. The number of carbonyl (C=O) groups excluding carboxylic acids is 2. The number of rotatable bonds is 8. The molecule has 2 amide bonds. The maximum Gasteiger partial charge on any atom is 0.235 e. The van der Waals surface area contributed by atoms with Crippen LogP contribution in [-0.4, -0.2) is 36.0 Å². The average molecular weight is 528 g/mol. The molecule has 2 N–H and O–H groups in total. The highest BCUT2D eigenvalue weighted by Gasteiger charge is 2.36. The number of nitrogens with zero attached hydrogens (tertiary/aromatic N) is 3. The van der Waals surface area contributed by atoms with Crippen LogP contribution in [0.15, 0.2) is 53.7 Å². The van der Waals surface area contributed by atoms with Crippen molar-refractivity contribution in [1.82, 2.24) is 9.97 Å². The van der Waals surface area contributed by atoms with Crippen LogP contribution in [0, 0.1) is 23.0 Å². The van der Waals surface area contributed by atoms with Crippen molar-refractivity contribution in [3.05, 3.63) is 77.2 Å². The number of hydrogen-bond acceptors (Lipinski definition) is 7. The summed E-state index contributed by atoms with van der Waals surface area (Å²) in [5.74, 6) is -3.54. The lowest BCUT2D eigenvalue weighted by Gasteiger charge is -2.25. The SMILES string of the molecule is CCS(=O)(=O)c1ccc(CC(=O)Nc2cc(F)c(C(C)(C)C(=O)Nc3cc(C#N)ccn3)c(F)c2)nc1. The molecule has 1 aromatic carbocycles. The summed E-state index contributed by atoms with van der Waals surface area (Å²) in [7, 11) is -3.44. The zero-order valence-electron chi connectivity index (χ0n) is 20.2. The van der Waals surface area contributed by atoms with E-state index in [1.807, 2.05) is 6.07 Å². The van der Waals surface area contributed by atoms with E-state index < -0.39 is 44.3 Å². The summed E-state index contributed by atoms with van der Waals surface area (Å²) in [4.78, 5) is 33.1. The molecule has 2 heterocycles. The molecule has 0 fully saturated rings. The first-order valence-electron chi connectivity index (χ1n) is 11.0. The molecule has 37 heavy (non-hydrogen) atoms.